The van der Waals surface area contributed by atoms with Crippen LogP contribution in [0.25, 0.3) is 0 Å². The van der Waals surface area contributed by atoms with Gasteiger partial charge in [0, 0.05) is 13.1 Å². The summed E-state index contributed by atoms with van der Waals surface area (Å²) in [7, 11) is 0. The maximum absolute atomic E-state index is 13.8. The van der Waals surface area contributed by atoms with Gasteiger partial charge in [-0.05, 0) is 30.9 Å². The Hall–Kier alpha value is -1.38. The smallest absolute Gasteiger partial charge is 0.256 e. The van der Waals surface area contributed by atoms with Gasteiger partial charge in [0.1, 0.15) is 5.82 Å². The van der Waals surface area contributed by atoms with Gasteiger partial charge in [-0.2, -0.15) is 0 Å². The van der Waals surface area contributed by atoms with Gasteiger partial charge in [0.05, 0.1) is 5.56 Å². The van der Waals surface area contributed by atoms with E-state index in [1.165, 1.54) is 6.07 Å². The van der Waals surface area contributed by atoms with E-state index in [2.05, 4.69) is 27.7 Å². The first-order valence-electron chi connectivity index (χ1n) is 6.86. The largest absolute Gasteiger partial charge is 0.338 e. The molecule has 19 heavy (non-hydrogen) atoms. The van der Waals surface area contributed by atoms with Crippen molar-refractivity contribution in [3.05, 3.63) is 35.1 Å². The highest BCUT2D eigenvalue weighted by molar-refractivity contribution is 5.94. The second kappa shape index (κ2) is 6.69. The van der Waals surface area contributed by atoms with Crippen LogP contribution in [0, 0.1) is 24.6 Å². The van der Waals surface area contributed by atoms with Crippen LogP contribution in [0.2, 0.25) is 0 Å². The van der Waals surface area contributed by atoms with Crippen LogP contribution in [-0.4, -0.2) is 23.9 Å². The van der Waals surface area contributed by atoms with Gasteiger partial charge in [0.25, 0.3) is 5.91 Å². The van der Waals surface area contributed by atoms with Crippen LogP contribution < -0.4 is 0 Å². The summed E-state index contributed by atoms with van der Waals surface area (Å²) in [6.07, 6.45) is 0. The SMILES string of the molecule is Cc1ccc(F)c(C(=O)N(CC(C)C)CC(C)C)c1. The molecule has 0 saturated carbocycles. The molecule has 0 aromatic heterocycles. The van der Waals surface area contributed by atoms with E-state index in [4.69, 9.17) is 0 Å². The Labute approximate surface area is 115 Å². The van der Waals surface area contributed by atoms with Gasteiger partial charge in [-0.15, -0.1) is 0 Å². The molecule has 1 aromatic rings. The normalized spacial score (nSPS) is 11.2. The van der Waals surface area contributed by atoms with Gasteiger partial charge in [-0.3, -0.25) is 4.79 Å². The Bertz CT molecular complexity index is 430. The van der Waals surface area contributed by atoms with Gasteiger partial charge in [0.15, 0.2) is 0 Å². The predicted molar refractivity (Wildman–Crippen MR) is 76.7 cm³/mol. The Kier molecular flexibility index (Phi) is 5.52. The fourth-order valence-electron chi connectivity index (χ4n) is 2.10. The summed E-state index contributed by atoms with van der Waals surface area (Å²) in [5.41, 5.74) is 1.08. The Balaban J connectivity index is 3.00. The molecular formula is C16H24FNO. The molecule has 0 unspecified atom stereocenters. The fraction of sp³-hybridized carbons (Fsp3) is 0.562. The van der Waals surface area contributed by atoms with E-state index in [0.29, 0.717) is 24.9 Å². The lowest BCUT2D eigenvalue weighted by Crippen LogP contribution is -2.37. The quantitative estimate of drug-likeness (QED) is 0.791. The van der Waals surface area contributed by atoms with Crippen molar-refractivity contribution < 1.29 is 9.18 Å². The Morgan fingerprint density at radius 1 is 1.16 bits per heavy atom. The van der Waals surface area contributed by atoms with E-state index >= 15 is 0 Å². The molecule has 1 rings (SSSR count). The van der Waals surface area contributed by atoms with Crippen LogP contribution in [0.4, 0.5) is 4.39 Å². The topological polar surface area (TPSA) is 20.3 Å². The van der Waals surface area contributed by atoms with E-state index < -0.39 is 5.82 Å². The molecule has 1 amide bonds. The van der Waals surface area contributed by atoms with Crippen molar-refractivity contribution in [1.82, 2.24) is 4.90 Å². The highest BCUT2D eigenvalue weighted by Crippen LogP contribution is 2.15. The summed E-state index contributed by atoms with van der Waals surface area (Å²) in [6, 6.07) is 4.68. The number of aryl methyl sites for hydroxylation is 1. The summed E-state index contributed by atoms with van der Waals surface area (Å²) in [5.74, 6) is 0.0999. The highest BCUT2D eigenvalue weighted by Gasteiger charge is 2.20. The molecule has 106 valence electrons. The fourth-order valence-corrected chi connectivity index (χ4v) is 2.10. The number of carbonyl (C=O) groups is 1. The molecule has 0 heterocycles. The first-order chi connectivity index (χ1) is 8.81. The highest BCUT2D eigenvalue weighted by atomic mass is 19.1. The van der Waals surface area contributed by atoms with Crippen LogP contribution in [0.1, 0.15) is 43.6 Å². The molecule has 0 fully saturated rings. The average Bonchev–Trinajstić information content (AvgIpc) is 2.29. The number of amides is 1. The van der Waals surface area contributed by atoms with Crippen molar-refractivity contribution in [2.45, 2.75) is 34.6 Å². The average molecular weight is 265 g/mol. The summed E-state index contributed by atoms with van der Waals surface area (Å²) in [5, 5.41) is 0. The van der Waals surface area contributed by atoms with Crippen molar-refractivity contribution in [2.24, 2.45) is 11.8 Å². The lowest BCUT2D eigenvalue weighted by molar-refractivity contribution is 0.0710. The van der Waals surface area contributed by atoms with E-state index in [1.54, 1.807) is 17.0 Å². The molecule has 0 saturated heterocycles. The lowest BCUT2D eigenvalue weighted by atomic mass is 10.1. The Morgan fingerprint density at radius 3 is 2.16 bits per heavy atom. The first kappa shape index (κ1) is 15.7. The third-order valence-electron chi connectivity index (χ3n) is 2.81. The van der Waals surface area contributed by atoms with E-state index in [-0.39, 0.29) is 11.5 Å². The van der Waals surface area contributed by atoms with Crippen LogP contribution in [0.15, 0.2) is 18.2 Å². The predicted octanol–water partition coefficient (Wildman–Crippen LogP) is 3.89. The second-order valence-corrected chi connectivity index (χ2v) is 5.98. The van der Waals surface area contributed by atoms with Gasteiger partial charge in [-0.1, -0.05) is 39.3 Å². The van der Waals surface area contributed by atoms with Crippen molar-refractivity contribution in [3.63, 3.8) is 0 Å². The zero-order chi connectivity index (χ0) is 14.6. The molecule has 0 bridgehead atoms. The number of hydrogen-bond acceptors (Lipinski definition) is 1. The number of carbonyl (C=O) groups excluding carboxylic acids is 1. The zero-order valence-electron chi connectivity index (χ0n) is 12.5. The molecule has 1 aromatic carbocycles. The molecule has 0 spiro atoms. The first-order valence-corrected chi connectivity index (χ1v) is 6.86. The monoisotopic (exact) mass is 265 g/mol. The molecule has 0 radical (unpaired) electrons. The van der Waals surface area contributed by atoms with Gasteiger partial charge in [-0.25, -0.2) is 4.39 Å². The maximum Gasteiger partial charge on any atom is 0.256 e. The van der Waals surface area contributed by atoms with E-state index in [1.807, 2.05) is 6.92 Å². The third-order valence-corrected chi connectivity index (χ3v) is 2.81. The van der Waals surface area contributed by atoms with Crippen LogP contribution in [0.5, 0.6) is 0 Å². The molecule has 0 N–H and O–H groups in total. The van der Waals surface area contributed by atoms with E-state index in [0.717, 1.165) is 5.56 Å². The molecule has 3 heteroatoms. The minimum atomic E-state index is -0.437. The summed E-state index contributed by atoms with van der Waals surface area (Å²) < 4.78 is 13.8. The third kappa shape index (κ3) is 4.66. The zero-order valence-corrected chi connectivity index (χ0v) is 12.5. The van der Waals surface area contributed by atoms with Crippen LogP contribution in [-0.2, 0) is 0 Å². The van der Waals surface area contributed by atoms with Crippen LogP contribution >= 0.6 is 0 Å². The van der Waals surface area contributed by atoms with Crippen LogP contribution in [0.3, 0.4) is 0 Å². The number of hydrogen-bond donors (Lipinski definition) is 0. The van der Waals surface area contributed by atoms with Gasteiger partial charge in [0.2, 0.25) is 0 Å². The molecule has 0 aliphatic rings. The van der Waals surface area contributed by atoms with Gasteiger partial charge >= 0.3 is 0 Å². The summed E-state index contributed by atoms with van der Waals surface area (Å²) in [4.78, 5) is 14.2. The minimum Gasteiger partial charge on any atom is -0.338 e. The number of nitrogens with zero attached hydrogens (tertiary/aromatic N) is 1. The van der Waals surface area contributed by atoms with E-state index in [9.17, 15) is 9.18 Å². The van der Waals surface area contributed by atoms with Crippen molar-refractivity contribution in [1.29, 1.82) is 0 Å². The maximum atomic E-state index is 13.8. The molecule has 0 aliphatic heterocycles. The second-order valence-electron chi connectivity index (χ2n) is 5.98. The number of rotatable bonds is 5. The minimum absolute atomic E-state index is 0.182. The molecule has 2 nitrogen and oxygen atoms in total. The molecule has 0 atom stereocenters. The number of halogens is 1. The van der Waals surface area contributed by atoms with Gasteiger partial charge < -0.3 is 4.90 Å². The lowest BCUT2D eigenvalue weighted by Gasteiger charge is -2.26. The Morgan fingerprint density at radius 2 is 1.68 bits per heavy atom. The molecular weight excluding hydrogens is 241 g/mol. The van der Waals surface area contributed by atoms with Crippen molar-refractivity contribution >= 4 is 5.91 Å². The number of benzene rings is 1. The van der Waals surface area contributed by atoms with Crippen molar-refractivity contribution in [3.8, 4) is 0 Å². The molecule has 0 aliphatic carbocycles. The van der Waals surface area contributed by atoms with Crippen molar-refractivity contribution in [2.75, 3.05) is 13.1 Å². The standard InChI is InChI=1S/C16H24FNO/c1-11(2)9-18(10-12(3)4)16(19)14-8-13(5)6-7-15(14)17/h6-8,11-12H,9-10H2,1-5H3. The summed E-state index contributed by atoms with van der Waals surface area (Å²) >= 11 is 0. The summed E-state index contributed by atoms with van der Waals surface area (Å²) in [6.45, 7) is 11.4.